The lowest BCUT2D eigenvalue weighted by Gasteiger charge is -2.36. The van der Waals surface area contributed by atoms with Crippen LogP contribution in [0.3, 0.4) is 0 Å². The summed E-state index contributed by atoms with van der Waals surface area (Å²) in [6, 6.07) is -0.653. The van der Waals surface area contributed by atoms with E-state index in [4.69, 9.17) is 0 Å². The highest BCUT2D eigenvalue weighted by Gasteiger charge is 2.45. The van der Waals surface area contributed by atoms with Crippen molar-refractivity contribution in [3.8, 4) is 0 Å². The van der Waals surface area contributed by atoms with E-state index in [1.807, 2.05) is 5.10 Å². The Kier molecular flexibility index (Phi) is 6.94. The zero-order valence-corrected chi connectivity index (χ0v) is 20.0. The number of nitrogens with zero attached hydrogens (tertiary/aromatic N) is 5. The number of carbonyl (C=O) groups excluding carboxylic acids is 1. The summed E-state index contributed by atoms with van der Waals surface area (Å²) in [5, 5.41) is 8.94. The number of H-pyrrole nitrogens is 1. The zero-order chi connectivity index (χ0) is 27.2. The Morgan fingerprint density at radius 1 is 1.11 bits per heavy atom. The Balaban J connectivity index is 1.34. The number of hydrogen-bond donors (Lipinski definition) is 2. The summed E-state index contributed by atoms with van der Waals surface area (Å²) in [4.78, 5) is 35.6. The third-order valence-corrected chi connectivity index (χ3v) is 6.87. The maximum Gasteiger partial charge on any atom is 0.422 e. The van der Waals surface area contributed by atoms with E-state index in [9.17, 15) is 35.9 Å². The van der Waals surface area contributed by atoms with Crippen molar-refractivity contribution < 1.29 is 31.1 Å². The largest absolute Gasteiger partial charge is 0.422 e. The summed E-state index contributed by atoms with van der Waals surface area (Å²) in [5.74, 6) is -0.0805. The summed E-state index contributed by atoms with van der Waals surface area (Å²) in [6.07, 6.45) is -7.51. The van der Waals surface area contributed by atoms with Gasteiger partial charge < -0.3 is 15.1 Å². The lowest BCUT2D eigenvalue weighted by Crippen LogP contribution is -2.54. The second-order valence-corrected chi connectivity index (χ2v) is 9.50. The molecule has 1 unspecified atom stereocenters. The summed E-state index contributed by atoms with van der Waals surface area (Å²) >= 11 is 0. The van der Waals surface area contributed by atoms with Crippen molar-refractivity contribution in [2.75, 3.05) is 37.6 Å². The molecule has 37 heavy (non-hydrogen) atoms. The van der Waals surface area contributed by atoms with Crippen LogP contribution < -0.4 is 15.8 Å². The molecule has 0 aromatic carbocycles. The van der Waals surface area contributed by atoms with Crippen molar-refractivity contribution in [3.05, 3.63) is 45.1 Å². The zero-order valence-electron chi connectivity index (χ0n) is 20.0. The molecule has 1 aliphatic carbocycles. The molecule has 2 atom stereocenters. The first-order valence-corrected chi connectivity index (χ1v) is 11.6. The van der Waals surface area contributed by atoms with Crippen LogP contribution >= 0.6 is 0 Å². The van der Waals surface area contributed by atoms with Gasteiger partial charge in [-0.05, 0) is 25.3 Å². The van der Waals surface area contributed by atoms with Crippen LogP contribution in [0.2, 0.25) is 0 Å². The van der Waals surface area contributed by atoms with Gasteiger partial charge in [-0.25, -0.2) is 15.1 Å². The van der Waals surface area contributed by atoms with E-state index >= 15 is 0 Å². The van der Waals surface area contributed by atoms with Gasteiger partial charge in [0.25, 0.3) is 5.56 Å². The van der Waals surface area contributed by atoms with Gasteiger partial charge in [0.1, 0.15) is 5.56 Å². The number of hydrogen-bond acceptors (Lipinski definition) is 7. The fourth-order valence-corrected chi connectivity index (χ4v) is 4.72. The average molecular weight is 533 g/mol. The van der Waals surface area contributed by atoms with Crippen LogP contribution in [0.4, 0.5) is 32.3 Å². The highest BCUT2D eigenvalue weighted by Crippen LogP contribution is 2.41. The van der Waals surface area contributed by atoms with Gasteiger partial charge in [-0.3, -0.25) is 9.59 Å². The minimum Gasteiger partial charge on any atom is -0.338 e. The quantitative estimate of drug-likeness (QED) is 0.568. The van der Waals surface area contributed by atoms with Gasteiger partial charge >= 0.3 is 12.4 Å². The van der Waals surface area contributed by atoms with Gasteiger partial charge in [0.2, 0.25) is 11.9 Å². The van der Waals surface area contributed by atoms with Crippen LogP contribution in [0.15, 0.2) is 17.2 Å². The number of piperazine rings is 1. The molecule has 1 aliphatic heterocycles. The van der Waals surface area contributed by atoms with E-state index < -0.39 is 40.5 Å². The Hall–Kier alpha value is -3.23. The molecule has 0 saturated carbocycles. The van der Waals surface area contributed by atoms with Gasteiger partial charge in [-0.1, -0.05) is 6.92 Å². The van der Waals surface area contributed by atoms with Crippen molar-refractivity contribution in [1.82, 2.24) is 30.4 Å². The normalized spacial score (nSPS) is 21.2. The van der Waals surface area contributed by atoms with Gasteiger partial charge in [-0.15, -0.1) is 0 Å². The third kappa shape index (κ3) is 5.40. The van der Waals surface area contributed by atoms with Gasteiger partial charge in [0.15, 0.2) is 0 Å². The van der Waals surface area contributed by atoms with Crippen LogP contribution in [0.5, 0.6) is 0 Å². The van der Waals surface area contributed by atoms with Crippen molar-refractivity contribution >= 4 is 11.9 Å². The number of aromatic nitrogens is 4. The van der Waals surface area contributed by atoms with Gasteiger partial charge in [0.05, 0.1) is 17.3 Å². The smallest absolute Gasteiger partial charge is 0.338 e. The first-order chi connectivity index (χ1) is 17.2. The SMILES string of the molecule is C[C@@H](NCC1(C)CCc2c1n[nH]c(=O)c2C(F)(F)F)C(=O)N1CCN(c2ncc(C(F)(F)F)cn2)CC1. The fraction of sp³-hybridized carbons (Fsp3) is 0.591. The second-order valence-electron chi connectivity index (χ2n) is 9.50. The first-order valence-electron chi connectivity index (χ1n) is 11.6. The molecule has 2 N–H and O–H groups in total. The second kappa shape index (κ2) is 9.58. The summed E-state index contributed by atoms with van der Waals surface area (Å²) in [6.45, 7) is 4.80. The number of halogens is 6. The number of aromatic amines is 1. The van der Waals surface area contributed by atoms with Crippen LogP contribution in [-0.4, -0.2) is 69.7 Å². The van der Waals surface area contributed by atoms with Crippen LogP contribution in [0, 0.1) is 0 Å². The molecular weight excluding hydrogens is 508 g/mol. The number of anilines is 1. The minimum absolute atomic E-state index is 0.0512. The maximum atomic E-state index is 13.4. The molecule has 15 heteroatoms. The van der Waals surface area contributed by atoms with Crippen LogP contribution in [0.1, 0.15) is 42.7 Å². The minimum atomic E-state index is -4.80. The van der Waals surface area contributed by atoms with Crippen molar-refractivity contribution in [2.24, 2.45) is 0 Å². The summed E-state index contributed by atoms with van der Waals surface area (Å²) in [5.41, 5.74) is -4.20. The first kappa shape index (κ1) is 26.8. The third-order valence-electron chi connectivity index (χ3n) is 6.87. The summed E-state index contributed by atoms with van der Waals surface area (Å²) in [7, 11) is 0. The molecule has 1 saturated heterocycles. The van der Waals surface area contributed by atoms with Crippen molar-refractivity contribution in [3.63, 3.8) is 0 Å². The lowest BCUT2D eigenvalue weighted by atomic mass is 9.87. The predicted octanol–water partition coefficient (Wildman–Crippen LogP) is 2.13. The van der Waals surface area contributed by atoms with E-state index in [1.165, 1.54) is 0 Å². The molecule has 3 heterocycles. The highest BCUT2D eigenvalue weighted by molar-refractivity contribution is 5.81. The molecule has 1 fully saturated rings. The Labute approximate surface area is 207 Å². The van der Waals surface area contributed by atoms with E-state index in [2.05, 4.69) is 20.4 Å². The van der Waals surface area contributed by atoms with Crippen LogP contribution in [0.25, 0.3) is 0 Å². The number of amides is 1. The molecule has 1 amide bonds. The highest BCUT2D eigenvalue weighted by atomic mass is 19.4. The van der Waals surface area contributed by atoms with Crippen LogP contribution in [-0.2, 0) is 29.0 Å². The van der Waals surface area contributed by atoms with E-state index in [1.54, 1.807) is 23.6 Å². The number of rotatable bonds is 5. The molecule has 202 valence electrons. The Morgan fingerprint density at radius 2 is 1.73 bits per heavy atom. The molecule has 0 bridgehead atoms. The van der Waals surface area contributed by atoms with Gasteiger partial charge in [0, 0.05) is 50.5 Å². The van der Waals surface area contributed by atoms with Crippen molar-refractivity contribution in [1.29, 1.82) is 0 Å². The standard InChI is InChI=1S/C22H25F6N7O2/c1-12(31-11-20(2)4-3-14-15(22(26,27)28)17(36)33-32-16(14)20)18(37)34-5-7-35(8-6-34)19-29-9-13(10-30-19)21(23,24)25/h9-10,12,31H,3-8,11H2,1-2H3,(H,33,36)/t12-,20?/m1/s1. The average Bonchev–Trinajstić information content (AvgIpc) is 3.17. The number of alkyl halides is 6. The topological polar surface area (TPSA) is 107 Å². The number of fused-ring (bicyclic) bond motifs is 1. The molecule has 4 rings (SSSR count). The van der Waals surface area contributed by atoms with Gasteiger partial charge in [-0.2, -0.15) is 31.4 Å². The van der Waals surface area contributed by atoms with Crippen molar-refractivity contribution in [2.45, 2.75) is 50.5 Å². The maximum absolute atomic E-state index is 13.4. The monoisotopic (exact) mass is 533 g/mol. The number of carbonyl (C=O) groups is 1. The summed E-state index contributed by atoms with van der Waals surface area (Å²) < 4.78 is 78.4. The molecule has 0 spiro atoms. The molecule has 2 aromatic rings. The molecule has 0 radical (unpaired) electrons. The van der Waals surface area contributed by atoms with E-state index in [-0.39, 0.29) is 36.1 Å². The molecule has 2 aromatic heterocycles. The fourth-order valence-electron chi connectivity index (χ4n) is 4.72. The molecule has 9 nitrogen and oxygen atoms in total. The molecule has 2 aliphatic rings. The Morgan fingerprint density at radius 3 is 2.30 bits per heavy atom. The lowest BCUT2D eigenvalue weighted by molar-refractivity contribution is -0.139. The molecular formula is C22H25F6N7O2. The van der Waals surface area contributed by atoms with E-state index in [0.717, 1.165) is 12.4 Å². The number of nitrogens with one attached hydrogen (secondary N) is 2. The Bertz CT molecular complexity index is 1210. The predicted molar refractivity (Wildman–Crippen MR) is 119 cm³/mol. The van der Waals surface area contributed by atoms with E-state index in [0.29, 0.717) is 32.6 Å².